The summed E-state index contributed by atoms with van der Waals surface area (Å²) in [5.41, 5.74) is 5.11. The molecule has 0 unspecified atom stereocenters. The number of hydrogen-bond acceptors (Lipinski definition) is 2. The van der Waals surface area contributed by atoms with Gasteiger partial charge in [-0.15, -0.1) is 0 Å². The van der Waals surface area contributed by atoms with Crippen LogP contribution in [0.1, 0.15) is 66.8 Å². The smallest absolute Gasteiger partial charge is 0.257 e. The second-order valence-electron chi connectivity index (χ2n) is 6.98. The Morgan fingerprint density at radius 1 is 1.16 bits per heavy atom. The third kappa shape index (κ3) is 3.63. The van der Waals surface area contributed by atoms with Gasteiger partial charge < -0.3 is 4.90 Å². The largest absolute Gasteiger partial charge is 0.339 e. The first-order valence-corrected chi connectivity index (χ1v) is 9.62. The molecule has 4 nitrogen and oxygen atoms in total. The highest BCUT2D eigenvalue weighted by Gasteiger charge is 2.27. The number of carbonyl (C=O) groups is 1. The highest BCUT2D eigenvalue weighted by Crippen LogP contribution is 2.24. The van der Waals surface area contributed by atoms with Crippen LogP contribution in [-0.4, -0.2) is 33.7 Å². The molecule has 4 heteroatoms. The van der Waals surface area contributed by atoms with E-state index in [4.69, 9.17) is 5.10 Å². The van der Waals surface area contributed by atoms with Crippen molar-refractivity contribution in [3.05, 3.63) is 46.8 Å². The zero-order valence-corrected chi connectivity index (χ0v) is 15.7. The fourth-order valence-corrected chi connectivity index (χ4v) is 3.72. The molecule has 3 rings (SSSR count). The van der Waals surface area contributed by atoms with Gasteiger partial charge in [0.25, 0.3) is 5.91 Å². The predicted molar refractivity (Wildman–Crippen MR) is 101 cm³/mol. The molecule has 0 bridgehead atoms. The standard InChI is InChI=1S/C21H29N3O/c1-4-10-18-20(21(25)23-13-7-6-8-14-23)19(5-2)24(22-18)17-12-9-11-16(3)15-17/h9,11-12,15H,4-8,10,13-14H2,1-3H3. The van der Waals surface area contributed by atoms with Crippen molar-refractivity contribution < 1.29 is 4.79 Å². The SMILES string of the molecule is CCCc1nn(-c2cccc(C)c2)c(CC)c1C(=O)N1CCCCC1. The molecular weight excluding hydrogens is 310 g/mol. The van der Waals surface area contributed by atoms with Crippen LogP contribution in [0.25, 0.3) is 5.69 Å². The molecule has 1 aromatic carbocycles. The Bertz CT molecular complexity index is 742. The summed E-state index contributed by atoms with van der Waals surface area (Å²) < 4.78 is 2.00. The van der Waals surface area contributed by atoms with Crippen LogP contribution in [0, 0.1) is 6.92 Å². The molecule has 1 amide bonds. The number of carbonyl (C=O) groups excluding carboxylic acids is 1. The van der Waals surface area contributed by atoms with Crippen LogP contribution in [0.3, 0.4) is 0 Å². The van der Waals surface area contributed by atoms with Gasteiger partial charge in [-0.05, 0) is 56.7 Å². The molecule has 0 atom stereocenters. The summed E-state index contributed by atoms with van der Waals surface area (Å²) >= 11 is 0. The molecule has 2 aromatic rings. The Labute approximate surface area is 150 Å². The van der Waals surface area contributed by atoms with E-state index >= 15 is 0 Å². The van der Waals surface area contributed by atoms with E-state index in [1.54, 1.807) is 0 Å². The fourth-order valence-electron chi connectivity index (χ4n) is 3.72. The van der Waals surface area contributed by atoms with Crippen LogP contribution in [0.2, 0.25) is 0 Å². The van der Waals surface area contributed by atoms with Crippen LogP contribution >= 0.6 is 0 Å². The van der Waals surface area contributed by atoms with E-state index in [1.165, 1.54) is 12.0 Å². The van der Waals surface area contributed by atoms with Crippen LogP contribution in [-0.2, 0) is 12.8 Å². The lowest BCUT2D eigenvalue weighted by molar-refractivity contribution is 0.0722. The van der Waals surface area contributed by atoms with Crippen molar-refractivity contribution in [3.63, 3.8) is 0 Å². The van der Waals surface area contributed by atoms with E-state index < -0.39 is 0 Å². The number of rotatable bonds is 5. The van der Waals surface area contributed by atoms with Gasteiger partial charge in [0.1, 0.15) is 0 Å². The van der Waals surface area contributed by atoms with E-state index in [0.29, 0.717) is 0 Å². The first-order valence-electron chi connectivity index (χ1n) is 9.62. The molecule has 0 spiro atoms. The fraction of sp³-hybridized carbons (Fsp3) is 0.524. The molecule has 0 saturated carbocycles. The Kier molecular flexibility index (Phi) is 5.57. The number of aromatic nitrogens is 2. The molecule has 0 N–H and O–H groups in total. The summed E-state index contributed by atoms with van der Waals surface area (Å²) in [6.45, 7) is 8.11. The molecule has 1 aromatic heterocycles. The van der Waals surface area contributed by atoms with Crippen LogP contribution in [0.4, 0.5) is 0 Å². The molecule has 1 saturated heterocycles. The number of hydrogen-bond donors (Lipinski definition) is 0. The minimum absolute atomic E-state index is 0.180. The molecule has 1 fully saturated rings. The van der Waals surface area contributed by atoms with Crippen molar-refractivity contribution in [1.82, 2.24) is 14.7 Å². The number of amides is 1. The van der Waals surface area contributed by atoms with Gasteiger partial charge >= 0.3 is 0 Å². The third-order valence-corrected chi connectivity index (χ3v) is 4.98. The minimum Gasteiger partial charge on any atom is -0.339 e. The second-order valence-corrected chi connectivity index (χ2v) is 6.98. The Hall–Kier alpha value is -2.10. The molecule has 25 heavy (non-hydrogen) atoms. The number of nitrogens with zero attached hydrogens (tertiary/aromatic N) is 3. The average Bonchev–Trinajstić information content (AvgIpc) is 3.00. The van der Waals surface area contributed by atoms with Crippen LogP contribution < -0.4 is 0 Å². The van der Waals surface area contributed by atoms with Gasteiger partial charge in [-0.1, -0.05) is 32.4 Å². The number of likely N-dealkylation sites (tertiary alicyclic amines) is 1. The molecule has 2 heterocycles. The van der Waals surface area contributed by atoms with E-state index in [2.05, 4.69) is 45.0 Å². The van der Waals surface area contributed by atoms with E-state index in [1.807, 2.05) is 9.58 Å². The summed E-state index contributed by atoms with van der Waals surface area (Å²) in [6.07, 6.45) is 6.11. The van der Waals surface area contributed by atoms with Crippen molar-refractivity contribution in [3.8, 4) is 5.69 Å². The zero-order chi connectivity index (χ0) is 17.8. The number of aryl methyl sites for hydroxylation is 2. The monoisotopic (exact) mass is 339 g/mol. The topological polar surface area (TPSA) is 38.1 Å². The molecule has 0 aliphatic carbocycles. The molecule has 0 radical (unpaired) electrons. The zero-order valence-electron chi connectivity index (χ0n) is 15.7. The molecular formula is C21H29N3O. The van der Waals surface area contributed by atoms with E-state index in [9.17, 15) is 4.79 Å². The summed E-state index contributed by atoms with van der Waals surface area (Å²) in [5, 5.41) is 4.87. The maximum atomic E-state index is 13.3. The van der Waals surface area contributed by atoms with Crippen molar-refractivity contribution in [2.75, 3.05) is 13.1 Å². The second kappa shape index (κ2) is 7.85. The number of benzene rings is 1. The summed E-state index contributed by atoms with van der Waals surface area (Å²) in [5.74, 6) is 0.180. The highest BCUT2D eigenvalue weighted by molar-refractivity contribution is 5.96. The van der Waals surface area contributed by atoms with Crippen LogP contribution in [0.5, 0.6) is 0 Å². The van der Waals surface area contributed by atoms with Gasteiger partial charge in [0.15, 0.2) is 0 Å². The van der Waals surface area contributed by atoms with E-state index in [-0.39, 0.29) is 5.91 Å². The Morgan fingerprint density at radius 3 is 2.56 bits per heavy atom. The lowest BCUT2D eigenvalue weighted by Crippen LogP contribution is -2.36. The normalized spacial score (nSPS) is 14.8. The molecule has 134 valence electrons. The lowest BCUT2D eigenvalue weighted by Gasteiger charge is -2.27. The van der Waals surface area contributed by atoms with Gasteiger partial charge in [-0.2, -0.15) is 5.10 Å². The maximum Gasteiger partial charge on any atom is 0.257 e. The van der Waals surface area contributed by atoms with Gasteiger partial charge in [-0.3, -0.25) is 4.79 Å². The molecule has 1 aliphatic rings. The van der Waals surface area contributed by atoms with Crippen molar-refractivity contribution in [2.45, 2.75) is 59.3 Å². The summed E-state index contributed by atoms with van der Waals surface area (Å²) in [6, 6.07) is 8.35. The van der Waals surface area contributed by atoms with Crippen molar-refractivity contribution in [2.24, 2.45) is 0 Å². The molecule has 1 aliphatic heterocycles. The Morgan fingerprint density at radius 2 is 1.92 bits per heavy atom. The first kappa shape index (κ1) is 17.7. The average molecular weight is 339 g/mol. The maximum absolute atomic E-state index is 13.3. The van der Waals surface area contributed by atoms with Crippen molar-refractivity contribution in [1.29, 1.82) is 0 Å². The third-order valence-electron chi connectivity index (χ3n) is 4.98. The summed E-state index contributed by atoms with van der Waals surface area (Å²) in [7, 11) is 0. The first-order chi connectivity index (χ1) is 12.2. The van der Waals surface area contributed by atoms with E-state index in [0.717, 1.165) is 67.8 Å². The van der Waals surface area contributed by atoms with Gasteiger partial charge in [0.2, 0.25) is 0 Å². The summed E-state index contributed by atoms with van der Waals surface area (Å²) in [4.78, 5) is 15.3. The predicted octanol–water partition coefficient (Wildman–Crippen LogP) is 4.32. The lowest BCUT2D eigenvalue weighted by atomic mass is 10.0. The van der Waals surface area contributed by atoms with Gasteiger partial charge in [0, 0.05) is 13.1 Å². The quantitative estimate of drug-likeness (QED) is 0.813. The van der Waals surface area contributed by atoms with Gasteiger partial charge in [0.05, 0.1) is 22.6 Å². The minimum atomic E-state index is 0.180. The van der Waals surface area contributed by atoms with Crippen LogP contribution in [0.15, 0.2) is 24.3 Å². The van der Waals surface area contributed by atoms with Crippen molar-refractivity contribution >= 4 is 5.91 Å². The highest BCUT2D eigenvalue weighted by atomic mass is 16.2. The Balaban J connectivity index is 2.07. The van der Waals surface area contributed by atoms with Gasteiger partial charge in [-0.25, -0.2) is 4.68 Å². The number of piperidine rings is 1.